The van der Waals surface area contributed by atoms with E-state index < -0.39 is 0 Å². The highest BCUT2D eigenvalue weighted by molar-refractivity contribution is 6.33. The van der Waals surface area contributed by atoms with Crippen molar-refractivity contribution in [2.24, 2.45) is 7.05 Å². The molecule has 0 atom stereocenters. The monoisotopic (exact) mass is 385 g/mol. The van der Waals surface area contributed by atoms with Crippen LogP contribution in [0.2, 0.25) is 5.15 Å². The second kappa shape index (κ2) is 7.76. The van der Waals surface area contributed by atoms with Gasteiger partial charge in [0.25, 0.3) is 0 Å². The van der Waals surface area contributed by atoms with Crippen LogP contribution in [0.3, 0.4) is 0 Å². The molecule has 0 aliphatic carbocycles. The summed E-state index contributed by atoms with van der Waals surface area (Å²) < 4.78 is 17.8. The number of carbonyl (C=O) groups is 1. The van der Waals surface area contributed by atoms with Gasteiger partial charge in [-0.05, 0) is 30.4 Å². The van der Waals surface area contributed by atoms with Crippen molar-refractivity contribution >= 4 is 34.4 Å². The van der Waals surface area contributed by atoms with E-state index in [1.165, 1.54) is 27.4 Å². The second-order valence-corrected chi connectivity index (χ2v) is 6.25. The molecule has 0 saturated heterocycles. The summed E-state index contributed by atoms with van der Waals surface area (Å²) >= 11 is 6.44. The van der Waals surface area contributed by atoms with Gasteiger partial charge < -0.3 is 18.8 Å². The molecule has 0 radical (unpaired) electrons. The lowest BCUT2D eigenvalue weighted by atomic mass is 10.1. The van der Waals surface area contributed by atoms with Crippen molar-refractivity contribution in [2.75, 3.05) is 21.3 Å². The highest BCUT2D eigenvalue weighted by Crippen LogP contribution is 2.38. The van der Waals surface area contributed by atoms with E-state index in [0.717, 1.165) is 16.5 Å². The molecule has 0 spiro atoms. The van der Waals surface area contributed by atoms with Gasteiger partial charge in [-0.25, -0.2) is 0 Å². The van der Waals surface area contributed by atoms with Crippen LogP contribution in [0.5, 0.6) is 17.2 Å². The molecule has 1 aromatic heterocycles. The molecule has 0 unspecified atom stereocenters. The van der Waals surface area contributed by atoms with Crippen LogP contribution in [0.25, 0.3) is 17.0 Å². The number of aryl methyl sites for hydroxylation is 1. The van der Waals surface area contributed by atoms with Crippen molar-refractivity contribution < 1.29 is 19.0 Å². The van der Waals surface area contributed by atoms with Crippen LogP contribution < -0.4 is 14.2 Å². The van der Waals surface area contributed by atoms with Gasteiger partial charge in [0, 0.05) is 29.1 Å². The summed E-state index contributed by atoms with van der Waals surface area (Å²) in [6, 6.07) is 11.1. The summed E-state index contributed by atoms with van der Waals surface area (Å²) in [6.45, 7) is 0. The van der Waals surface area contributed by atoms with E-state index in [1.807, 2.05) is 35.9 Å². The van der Waals surface area contributed by atoms with Gasteiger partial charge in [0.1, 0.15) is 5.15 Å². The Labute approximate surface area is 162 Å². The van der Waals surface area contributed by atoms with Gasteiger partial charge in [-0.1, -0.05) is 29.8 Å². The molecule has 6 heteroatoms. The lowest BCUT2D eigenvalue weighted by molar-refractivity contribution is 0.104. The van der Waals surface area contributed by atoms with E-state index in [-0.39, 0.29) is 5.78 Å². The van der Waals surface area contributed by atoms with Gasteiger partial charge in [0.15, 0.2) is 17.3 Å². The molecule has 0 amide bonds. The maximum Gasteiger partial charge on any atom is 0.203 e. The van der Waals surface area contributed by atoms with Crippen molar-refractivity contribution in [3.05, 3.63) is 58.8 Å². The van der Waals surface area contributed by atoms with Crippen LogP contribution in [0.4, 0.5) is 0 Å². The maximum absolute atomic E-state index is 12.7. The number of hydrogen-bond donors (Lipinski definition) is 0. The van der Waals surface area contributed by atoms with Gasteiger partial charge >= 0.3 is 0 Å². The fourth-order valence-corrected chi connectivity index (χ4v) is 3.28. The van der Waals surface area contributed by atoms with Crippen LogP contribution in [-0.4, -0.2) is 31.7 Å². The molecule has 140 valence electrons. The third-order valence-electron chi connectivity index (χ3n) is 4.42. The standard InChI is InChI=1S/C21H20ClNO4/c1-23-16-8-6-5-7-14(16)15(21(23)22)9-10-17(24)13-11-18(25-2)20(27-4)19(12-13)26-3/h5-12H,1-4H3. The van der Waals surface area contributed by atoms with Crippen LogP contribution in [-0.2, 0) is 7.05 Å². The minimum absolute atomic E-state index is 0.196. The number of aromatic nitrogens is 1. The van der Waals surface area contributed by atoms with Crippen LogP contribution >= 0.6 is 11.6 Å². The highest BCUT2D eigenvalue weighted by atomic mass is 35.5. The average molecular weight is 386 g/mol. The number of benzene rings is 2. The fraction of sp³-hybridized carbons (Fsp3) is 0.190. The van der Waals surface area contributed by atoms with Gasteiger partial charge in [-0.15, -0.1) is 0 Å². The van der Waals surface area contributed by atoms with E-state index in [4.69, 9.17) is 25.8 Å². The number of hydrogen-bond acceptors (Lipinski definition) is 4. The molecule has 0 fully saturated rings. The Morgan fingerprint density at radius 3 is 2.26 bits per heavy atom. The minimum Gasteiger partial charge on any atom is -0.493 e. The molecule has 3 aromatic rings. The summed E-state index contributed by atoms with van der Waals surface area (Å²) in [7, 11) is 6.43. The number of methoxy groups -OCH3 is 3. The number of carbonyl (C=O) groups excluding carboxylic acids is 1. The Bertz CT molecular complexity index is 1010. The summed E-state index contributed by atoms with van der Waals surface area (Å²) in [5, 5.41) is 1.56. The van der Waals surface area contributed by atoms with Gasteiger partial charge in [-0.3, -0.25) is 4.79 Å². The summed E-state index contributed by atoms with van der Waals surface area (Å²) in [5.41, 5.74) is 2.23. The van der Waals surface area contributed by atoms with E-state index >= 15 is 0 Å². The Hall–Kier alpha value is -2.92. The van der Waals surface area contributed by atoms with Crippen molar-refractivity contribution in [3.63, 3.8) is 0 Å². The number of rotatable bonds is 6. The van der Waals surface area contributed by atoms with Gasteiger partial charge in [0.2, 0.25) is 5.75 Å². The molecule has 0 bridgehead atoms. The molecule has 2 aromatic carbocycles. The highest BCUT2D eigenvalue weighted by Gasteiger charge is 2.16. The smallest absolute Gasteiger partial charge is 0.203 e. The normalized spacial score (nSPS) is 11.1. The lowest BCUT2D eigenvalue weighted by Gasteiger charge is -2.13. The summed E-state index contributed by atoms with van der Waals surface area (Å²) in [6.07, 6.45) is 3.23. The molecule has 0 saturated carbocycles. The van der Waals surface area contributed by atoms with Crippen molar-refractivity contribution in [3.8, 4) is 17.2 Å². The molecule has 0 aliphatic rings. The first-order valence-corrected chi connectivity index (χ1v) is 8.65. The van der Waals surface area contributed by atoms with Crippen LogP contribution in [0.15, 0.2) is 42.5 Å². The molecule has 1 heterocycles. The molecule has 0 aliphatic heterocycles. The summed E-state index contributed by atoms with van der Waals surface area (Å²) in [4.78, 5) is 12.7. The first kappa shape index (κ1) is 18.9. The fourth-order valence-electron chi connectivity index (χ4n) is 3.03. The van der Waals surface area contributed by atoms with Gasteiger partial charge in [0.05, 0.1) is 21.3 Å². The first-order chi connectivity index (χ1) is 13.0. The van der Waals surface area contributed by atoms with E-state index in [2.05, 4.69) is 0 Å². The first-order valence-electron chi connectivity index (χ1n) is 8.27. The Morgan fingerprint density at radius 1 is 1.04 bits per heavy atom. The average Bonchev–Trinajstić information content (AvgIpc) is 2.95. The van der Waals surface area contributed by atoms with E-state index in [9.17, 15) is 4.79 Å². The molecule has 5 nitrogen and oxygen atoms in total. The number of para-hydroxylation sites is 1. The predicted octanol–water partition coefficient (Wildman–Crippen LogP) is 4.75. The second-order valence-electron chi connectivity index (χ2n) is 5.89. The number of fused-ring (bicyclic) bond motifs is 1. The van der Waals surface area contributed by atoms with Crippen LogP contribution in [0, 0.1) is 0 Å². The van der Waals surface area contributed by atoms with Crippen molar-refractivity contribution in [2.45, 2.75) is 0 Å². The zero-order valence-corrected chi connectivity index (χ0v) is 16.3. The number of nitrogens with zero attached hydrogens (tertiary/aromatic N) is 1. The molecular weight excluding hydrogens is 366 g/mol. The SMILES string of the molecule is COc1cc(C(=O)C=Cc2c(Cl)n(C)c3ccccc23)cc(OC)c1OC. The Balaban J connectivity index is 2.00. The molecule has 27 heavy (non-hydrogen) atoms. The predicted molar refractivity (Wildman–Crippen MR) is 107 cm³/mol. The zero-order chi connectivity index (χ0) is 19.6. The lowest BCUT2D eigenvalue weighted by Crippen LogP contribution is -2.00. The Kier molecular flexibility index (Phi) is 5.42. The van der Waals surface area contributed by atoms with Crippen molar-refractivity contribution in [1.82, 2.24) is 4.57 Å². The van der Waals surface area contributed by atoms with Crippen molar-refractivity contribution in [1.29, 1.82) is 0 Å². The minimum atomic E-state index is -0.196. The maximum atomic E-state index is 12.7. The molecule has 0 N–H and O–H groups in total. The zero-order valence-electron chi connectivity index (χ0n) is 15.6. The van der Waals surface area contributed by atoms with Gasteiger partial charge in [-0.2, -0.15) is 0 Å². The number of ether oxygens (including phenoxy) is 3. The third kappa shape index (κ3) is 3.38. The topological polar surface area (TPSA) is 49.7 Å². The largest absolute Gasteiger partial charge is 0.493 e. The number of allylic oxidation sites excluding steroid dienone is 1. The summed E-state index contributed by atoms with van der Waals surface area (Å²) in [5.74, 6) is 1.10. The number of halogens is 1. The Morgan fingerprint density at radius 2 is 1.67 bits per heavy atom. The quantitative estimate of drug-likeness (QED) is 0.453. The molecule has 3 rings (SSSR count). The van der Waals surface area contributed by atoms with E-state index in [1.54, 1.807) is 18.2 Å². The molecular formula is C21H20ClNO4. The number of ketones is 1. The third-order valence-corrected chi connectivity index (χ3v) is 4.88. The van der Waals surface area contributed by atoms with Crippen LogP contribution in [0.1, 0.15) is 15.9 Å². The van der Waals surface area contributed by atoms with E-state index in [0.29, 0.717) is 28.0 Å².